The summed E-state index contributed by atoms with van der Waals surface area (Å²) < 4.78 is 1.58. The fourth-order valence-corrected chi connectivity index (χ4v) is 3.35. The molecule has 0 unspecified atom stereocenters. The quantitative estimate of drug-likeness (QED) is 0.743. The summed E-state index contributed by atoms with van der Waals surface area (Å²) in [7, 11) is 2.05. The van der Waals surface area contributed by atoms with Crippen LogP contribution in [0.15, 0.2) is 40.6 Å². The number of benzene rings is 1. The van der Waals surface area contributed by atoms with E-state index in [0.717, 1.165) is 17.2 Å². The first-order chi connectivity index (χ1) is 10.5. The Bertz CT molecular complexity index is 866. The third-order valence-electron chi connectivity index (χ3n) is 3.73. The predicted octanol–water partition coefficient (Wildman–Crippen LogP) is 3.00. The normalized spacial score (nSPS) is 11.5. The Morgan fingerprint density at radius 3 is 2.82 bits per heavy atom. The van der Waals surface area contributed by atoms with Crippen LogP contribution in [0.3, 0.4) is 0 Å². The molecule has 0 fully saturated rings. The third kappa shape index (κ3) is 3.10. The smallest absolute Gasteiger partial charge is 0.258 e. The molecule has 114 valence electrons. The van der Waals surface area contributed by atoms with Crippen molar-refractivity contribution in [1.29, 1.82) is 0 Å². The fourth-order valence-electron chi connectivity index (χ4n) is 2.62. The maximum Gasteiger partial charge on any atom is 0.258 e. The number of fused-ring (bicyclic) bond motifs is 1. The van der Waals surface area contributed by atoms with Gasteiger partial charge in [-0.3, -0.25) is 14.1 Å². The number of thiazole rings is 1. The molecule has 0 saturated heterocycles. The molecule has 2 heterocycles. The van der Waals surface area contributed by atoms with Gasteiger partial charge in [-0.1, -0.05) is 23.8 Å². The van der Waals surface area contributed by atoms with Crippen molar-refractivity contribution in [3.05, 3.63) is 68.6 Å². The molecule has 0 bridgehead atoms. The Labute approximate surface area is 133 Å². The van der Waals surface area contributed by atoms with Crippen LogP contribution in [0.2, 0.25) is 0 Å². The van der Waals surface area contributed by atoms with Crippen LogP contribution in [0.4, 0.5) is 0 Å². The van der Waals surface area contributed by atoms with Gasteiger partial charge in [-0.2, -0.15) is 0 Å². The molecule has 4 nitrogen and oxygen atoms in total. The summed E-state index contributed by atoms with van der Waals surface area (Å²) in [5, 5.41) is 1.88. The Morgan fingerprint density at radius 2 is 2.05 bits per heavy atom. The molecule has 0 aliphatic rings. The molecule has 3 aromatic rings. The lowest BCUT2D eigenvalue weighted by atomic mass is 10.1. The SMILES string of the molecule is Cc1ccc(CN(C)Cc2cc(=O)n3ccsc3n2)c(C)c1. The van der Waals surface area contributed by atoms with Crippen molar-refractivity contribution in [3.8, 4) is 0 Å². The van der Waals surface area contributed by atoms with Gasteiger partial charge in [-0.15, -0.1) is 11.3 Å². The molecule has 0 atom stereocenters. The highest BCUT2D eigenvalue weighted by atomic mass is 32.1. The first kappa shape index (κ1) is 14.9. The van der Waals surface area contributed by atoms with Crippen molar-refractivity contribution in [2.24, 2.45) is 0 Å². The number of aryl methyl sites for hydroxylation is 2. The molecule has 1 aromatic carbocycles. The molecule has 0 saturated carbocycles. The summed E-state index contributed by atoms with van der Waals surface area (Å²) in [4.78, 5) is 19.5. The monoisotopic (exact) mass is 313 g/mol. The molecule has 0 aliphatic carbocycles. The second-order valence-electron chi connectivity index (χ2n) is 5.74. The van der Waals surface area contributed by atoms with E-state index in [0.29, 0.717) is 6.54 Å². The van der Waals surface area contributed by atoms with Crippen LogP contribution >= 0.6 is 11.3 Å². The van der Waals surface area contributed by atoms with Gasteiger partial charge in [0.05, 0.1) is 5.69 Å². The van der Waals surface area contributed by atoms with Crippen molar-refractivity contribution in [1.82, 2.24) is 14.3 Å². The van der Waals surface area contributed by atoms with Crippen LogP contribution in [0.25, 0.3) is 4.96 Å². The van der Waals surface area contributed by atoms with Gasteiger partial charge in [0.2, 0.25) is 0 Å². The minimum absolute atomic E-state index is 0.0128. The Kier molecular flexibility index (Phi) is 4.09. The zero-order chi connectivity index (χ0) is 15.7. The highest BCUT2D eigenvalue weighted by molar-refractivity contribution is 7.15. The topological polar surface area (TPSA) is 37.6 Å². The summed E-state index contributed by atoms with van der Waals surface area (Å²) >= 11 is 1.48. The van der Waals surface area contributed by atoms with E-state index in [1.807, 2.05) is 5.38 Å². The first-order valence-electron chi connectivity index (χ1n) is 7.23. The fraction of sp³-hybridized carbons (Fsp3) is 0.294. The lowest BCUT2D eigenvalue weighted by molar-refractivity contribution is 0.314. The van der Waals surface area contributed by atoms with Crippen molar-refractivity contribution in [2.75, 3.05) is 7.05 Å². The summed E-state index contributed by atoms with van der Waals surface area (Å²) in [5.41, 5.74) is 4.69. The van der Waals surface area contributed by atoms with Gasteiger partial charge < -0.3 is 0 Å². The van der Waals surface area contributed by atoms with E-state index in [-0.39, 0.29) is 5.56 Å². The van der Waals surface area contributed by atoms with Gasteiger partial charge >= 0.3 is 0 Å². The van der Waals surface area contributed by atoms with Gasteiger partial charge in [0.15, 0.2) is 4.96 Å². The number of aromatic nitrogens is 2. The summed E-state index contributed by atoms with van der Waals surface area (Å²) in [6.07, 6.45) is 1.76. The Hall–Kier alpha value is -1.98. The molecule has 5 heteroatoms. The van der Waals surface area contributed by atoms with Gasteiger partial charge in [-0.25, -0.2) is 4.98 Å². The number of hydrogen-bond acceptors (Lipinski definition) is 4. The number of nitrogens with zero attached hydrogens (tertiary/aromatic N) is 3. The average Bonchev–Trinajstić information content (AvgIpc) is 2.91. The van der Waals surface area contributed by atoms with E-state index >= 15 is 0 Å². The Morgan fingerprint density at radius 1 is 1.23 bits per heavy atom. The highest BCUT2D eigenvalue weighted by Crippen LogP contribution is 2.14. The van der Waals surface area contributed by atoms with Gasteiger partial charge in [0, 0.05) is 30.7 Å². The molecule has 0 N–H and O–H groups in total. The van der Waals surface area contributed by atoms with Crippen LogP contribution in [0.1, 0.15) is 22.4 Å². The number of hydrogen-bond donors (Lipinski definition) is 0. The van der Waals surface area contributed by atoms with Crippen LogP contribution in [0.5, 0.6) is 0 Å². The van der Waals surface area contributed by atoms with Crippen LogP contribution in [0, 0.1) is 13.8 Å². The van der Waals surface area contributed by atoms with E-state index < -0.39 is 0 Å². The molecule has 0 spiro atoms. The molecule has 3 rings (SSSR count). The lowest BCUT2D eigenvalue weighted by Gasteiger charge is -2.18. The van der Waals surface area contributed by atoms with Crippen molar-refractivity contribution in [2.45, 2.75) is 26.9 Å². The highest BCUT2D eigenvalue weighted by Gasteiger charge is 2.08. The molecule has 22 heavy (non-hydrogen) atoms. The molecular formula is C17H19N3OS. The zero-order valence-corrected chi connectivity index (χ0v) is 13.9. The van der Waals surface area contributed by atoms with Crippen LogP contribution < -0.4 is 5.56 Å². The predicted molar refractivity (Wildman–Crippen MR) is 90.4 cm³/mol. The second kappa shape index (κ2) is 6.02. The average molecular weight is 313 g/mol. The maximum atomic E-state index is 12.0. The van der Waals surface area contributed by atoms with Crippen molar-refractivity contribution < 1.29 is 0 Å². The van der Waals surface area contributed by atoms with E-state index in [1.165, 1.54) is 28.0 Å². The standard InChI is InChI=1S/C17H19N3OS/c1-12-4-5-14(13(2)8-12)10-19(3)11-15-9-16(21)20-6-7-22-17(20)18-15/h4-9H,10-11H2,1-3H3. The summed E-state index contributed by atoms with van der Waals surface area (Å²) in [6.45, 7) is 5.75. The maximum absolute atomic E-state index is 12.0. The lowest BCUT2D eigenvalue weighted by Crippen LogP contribution is -2.21. The van der Waals surface area contributed by atoms with Crippen LogP contribution in [-0.2, 0) is 13.1 Å². The minimum atomic E-state index is -0.0128. The molecule has 2 aromatic heterocycles. The first-order valence-corrected chi connectivity index (χ1v) is 8.11. The molecule has 0 amide bonds. The molecular weight excluding hydrogens is 294 g/mol. The van der Waals surface area contributed by atoms with Gasteiger partial charge in [0.1, 0.15) is 0 Å². The zero-order valence-electron chi connectivity index (χ0n) is 13.0. The van der Waals surface area contributed by atoms with E-state index in [2.05, 4.69) is 49.0 Å². The molecule has 0 aliphatic heterocycles. The summed E-state index contributed by atoms with van der Waals surface area (Å²) in [5.74, 6) is 0. The second-order valence-corrected chi connectivity index (χ2v) is 6.62. The summed E-state index contributed by atoms with van der Waals surface area (Å²) in [6, 6.07) is 8.13. The van der Waals surface area contributed by atoms with Gasteiger partial charge in [-0.05, 0) is 32.0 Å². The van der Waals surface area contributed by atoms with E-state index in [9.17, 15) is 4.79 Å². The van der Waals surface area contributed by atoms with E-state index in [1.54, 1.807) is 16.7 Å². The van der Waals surface area contributed by atoms with Crippen molar-refractivity contribution >= 4 is 16.3 Å². The Balaban J connectivity index is 1.77. The third-order valence-corrected chi connectivity index (χ3v) is 4.48. The molecule has 0 radical (unpaired) electrons. The van der Waals surface area contributed by atoms with E-state index in [4.69, 9.17) is 0 Å². The minimum Gasteiger partial charge on any atom is -0.296 e. The van der Waals surface area contributed by atoms with Gasteiger partial charge in [0.25, 0.3) is 5.56 Å². The largest absolute Gasteiger partial charge is 0.296 e. The van der Waals surface area contributed by atoms with Crippen LogP contribution in [-0.4, -0.2) is 21.3 Å². The van der Waals surface area contributed by atoms with Crippen molar-refractivity contribution in [3.63, 3.8) is 0 Å². The number of rotatable bonds is 4.